The molecule has 0 heterocycles. The van der Waals surface area contributed by atoms with Crippen LogP contribution < -0.4 is 0 Å². The van der Waals surface area contributed by atoms with Crippen LogP contribution in [0.2, 0.25) is 0 Å². The summed E-state index contributed by atoms with van der Waals surface area (Å²) in [6.07, 6.45) is 7.89. The zero-order chi connectivity index (χ0) is 8.13. The monoisotopic (exact) mass is 164 g/mol. The normalized spacial score (nSPS) is 45.2. The zero-order valence-electron chi connectivity index (χ0n) is 7.46. The van der Waals surface area contributed by atoms with Gasteiger partial charge in [0.25, 0.3) is 0 Å². The SMILES string of the molecule is O=C(C1CC1)C1C2CCCCC21. The fourth-order valence-corrected chi connectivity index (χ4v) is 3.05. The van der Waals surface area contributed by atoms with Crippen molar-refractivity contribution >= 4 is 5.78 Å². The number of hydrogen-bond donors (Lipinski definition) is 0. The number of fused-ring (bicyclic) bond motifs is 1. The van der Waals surface area contributed by atoms with Crippen LogP contribution in [-0.4, -0.2) is 5.78 Å². The van der Waals surface area contributed by atoms with Crippen LogP contribution in [0, 0.1) is 23.7 Å². The van der Waals surface area contributed by atoms with Gasteiger partial charge in [-0.1, -0.05) is 12.8 Å². The molecule has 66 valence electrons. The molecule has 3 fully saturated rings. The molecule has 0 bridgehead atoms. The minimum atomic E-state index is 0.514. The summed E-state index contributed by atoms with van der Waals surface area (Å²) in [7, 11) is 0. The highest BCUT2D eigenvalue weighted by molar-refractivity contribution is 5.88. The highest BCUT2D eigenvalue weighted by atomic mass is 16.1. The van der Waals surface area contributed by atoms with Gasteiger partial charge in [-0.25, -0.2) is 0 Å². The van der Waals surface area contributed by atoms with Crippen LogP contribution in [0.25, 0.3) is 0 Å². The molecule has 12 heavy (non-hydrogen) atoms. The van der Waals surface area contributed by atoms with Gasteiger partial charge in [-0.05, 0) is 37.5 Å². The van der Waals surface area contributed by atoms with E-state index in [-0.39, 0.29) is 0 Å². The summed E-state index contributed by atoms with van der Waals surface area (Å²) in [4.78, 5) is 11.7. The molecule has 3 aliphatic carbocycles. The molecule has 2 unspecified atom stereocenters. The average molecular weight is 164 g/mol. The van der Waals surface area contributed by atoms with E-state index in [0.29, 0.717) is 17.6 Å². The first-order chi connectivity index (χ1) is 5.88. The maximum Gasteiger partial charge on any atom is 0.139 e. The Bertz CT molecular complexity index is 205. The van der Waals surface area contributed by atoms with Gasteiger partial charge in [0.1, 0.15) is 5.78 Å². The average Bonchev–Trinajstić information content (AvgIpc) is 2.99. The minimum absolute atomic E-state index is 0.514. The summed E-state index contributed by atoms with van der Waals surface area (Å²) in [5.41, 5.74) is 0. The molecule has 0 N–H and O–H groups in total. The van der Waals surface area contributed by atoms with Crippen molar-refractivity contribution in [3.8, 4) is 0 Å². The van der Waals surface area contributed by atoms with Crippen molar-refractivity contribution in [1.29, 1.82) is 0 Å². The lowest BCUT2D eigenvalue weighted by molar-refractivity contribution is -0.122. The molecule has 0 aliphatic heterocycles. The van der Waals surface area contributed by atoms with Crippen molar-refractivity contribution in [2.45, 2.75) is 38.5 Å². The van der Waals surface area contributed by atoms with Crippen LogP contribution in [0.1, 0.15) is 38.5 Å². The first kappa shape index (κ1) is 7.11. The molecule has 0 aromatic rings. The summed E-state index contributed by atoms with van der Waals surface area (Å²) in [5, 5.41) is 0. The Morgan fingerprint density at radius 1 is 0.917 bits per heavy atom. The van der Waals surface area contributed by atoms with Crippen molar-refractivity contribution in [3.05, 3.63) is 0 Å². The van der Waals surface area contributed by atoms with Crippen molar-refractivity contribution < 1.29 is 4.79 Å². The topological polar surface area (TPSA) is 17.1 Å². The standard InChI is InChI=1S/C11H16O/c12-11(7-5-6-7)10-8-3-1-2-4-9(8)10/h7-10H,1-6H2. The Morgan fingerprint density at radius 3 is 2.00 bits per heavy atom. The van der Waals surface area contributed by atoms with Gasteiger partial charge < -0.3 is 0 Å². The van der Waals surface area contributed by atoms with E-state index in [9.17, 15) is 4.79 Å². The van der Waals surface area contributed by atoms with E-state index in [2.05, 4.69) is 0 Å². The van der Waals surface area contributed by atoms with Crippen molar-refractivity contribution in [2.75, 3.05) is 0 Å². The molecule has 0 saturated heterocycles. The molecule has 1 heteroatoms. The first-order valence-corrected chi connectivity index (χ1v) is 5.41. The van der Waals surface area contributed by atoms with Crippen LogP contribution in [0.15, 0.2) is 0 Å². The maximum absolute atomic E-state index is 11.7. The molecule has 0 aromatic carbocycles. The van der Waals surface area contributed by atoms with E-state index in [4.69, 9.17) is 0 Å². The zero-order valence-corrected chi connectivity index (χ0v) is 7.46. The molecule has 0 spiro atoms. The quantitative estimate of drug-likeness (QED) is 0.612. The maximum atomic E-state index is 11.7. The predicted octanol–water partition coefficient (Wildman–Crippen LogP) is 2.40. The Kier molecular flexibility index (Phi) is 1.38. The molecule has 0 radical (unpaired) electrons. The third kappa shape index (κ3) is 0.949. The predicted molar refractivity (Wildman–Crippen MR) is 46.7 cm³/mol. The molecular formula is C11H16O. The van der Waals surface area contributed by atoms with Gasteiger partial charge in [-0.3, -0.25) is 4.79 Å². The third-order valence-corrected chi connectivity index (χ3v) is 3.96. The van der Waals surface area contributed by atoms with E-state index in [1.54, 1.807) is 0 Å². The molecule has 0 aromatic heterocycles. The van der Waals surface area contributed by atoms with Crippen molar-refractivity contribution in [3.63, 3.8) is 0 Å². The third-order valence-electron chi connectivity index (χ3n) is 3.96. The van der Waals surface area contributed by atoms with Crippen LogP contribution in [0.4, 0.5) is 0 Å². The smallest absolute Gasteiger partial charge is 0.139 e. The number of carbonyl (C=O) groups excluding carboxylic acids is 1. The van der Waals surface area contributed by atoms with Crippen LogP contribution in [0.3, 0.4) is 0 Å². The Labute approximate surface area is 73.5 Å². The summed E-state index contributed by atoms with van der Waals surface area (Å²) >= 11 is 0. The molecule has 3 aliphatic rings. The van der Waals surface area contributed by atoms with Crippen molar-refractivity contribution in [2.24, 2.45) is 23.7 Å². The van der Waals surface area contributed by atoms with Crippen LogP contribution >= 0.6 is 0 Å². The second kappa shape index (κ2) is 2.34. The van der Waals surface area contributed by atoms with Gasteiger partial charge in [0, 0.05) is 11.8 Å². The van der Waals surface area contributed by atoms with Gasteiger partial charge in [0.15, 0.2) is 0 Å². The fraction of sp³-hybridized carbons (Fsp3) is 0.909. The molecule has 3 saturated carbocycles. The van der Waals surface area contributed by atoms with E-state index in [0.717, 1.165) is 11.8 Å². The lowest BCUT2D eigenvalue weighted by Gasteiger charge is -2.04. The molecule has 2 atom stereocenters. The lowest BCUT2D eigenvalue weighted by atomic mass is 10.0. The molecular weight excluding hydrogens is 148 g/mol. The van der Waals surface area contributed by atoms with E-state index in [1.807, 2.05) is 0 Å². The summed E-state index contributed by atoms with van der Waals surface area (Å²) in [6, 6.07) is 0. The second-order valence-corrected chi connectivity index (χ2v) is 4.81. The summed E-state index contributed by atoms with van der Waals surface area (Å²) in [6.45, 7) is 0. The number of carbonyl (C=O) groups is 1. The van der Waals surface area contributed by atoms with Crippen molar-refractivity contribution in [1.82, 2.24) is 0 Å². The van der Waals surface area contributed by atoms with Gasteiger partial charge in [-0.2, -0.15) is 0 Å². The fourth-order valence-electron chi connectivity index (χ4n) is 3.05. The second-order valence-electron chi connectivity index (χ2n) is 4.81. The number of hydrogen-bond acceptors (Lipinski definition) is 1. The Hall–Kier alpha value is -0.330. The largest absolute Gasteiger partial charge is 0.299 e. The molecule has 1 nitrogen and oxygen atoms in total. The van der Waals surface area contributed by atoms with E-state index >= 15 is 0 Å². The van der Waals surface area contributed by atoms with Gasteiger partial charge in [-0.15, -0.1) is 0 Å². The summed E-state index contributed by atoms with van der Waals surface area (Å²) < 4.78 is 0. The van der Waals surface area contributed by atoms with Gasteiger partial charge >= 0.3 is 0 Å². The highest BCUT2D eigenvalue weighted by Gasteiger charge is 2.56. The van der Waals surface area contributed by atoms with Gasteiger partial charge in [0.2, 0.25) is 0 Å². The highest BCUT2D eigenvalue weighted by Crippen LogP contribution is 2.58. The van der Waals surface area contributed by atoms with E-state index in [1.165, 1.54) is 38.5 Å². The Morgan fingerprint density at radius 2 is 1.50 bits per heavy atom. The van der Waals surface area contributed by atoms with Gasteiger partial charge in [0.05, 0.1) is 0 Å². The first-order valence-electron chi connectivity index (χ1n) is 5.41. The van der Waals surface area contributed by atoms with Crippen LogP contribution in [0.5, 0.6) is 0 Å². The summed E-state index contributed by atoms with van der Waals surface area (Å²) in [5.74, 6) is 3.38. The number of ketones is 1. The van der Waals surface area contributed by atoms with Crippen LogP contribution in [-0.2, 0) is 4.79 Å². The van der Waals surface area contributed by atoms with E-state index < -0.39 is 0 Å². The number of rotatable bonds is 2. The lowest BCUT2D eigenvalue weighted by Crippen LogP contribution is -2.05. The molecule has 3 rings (SSSR count). The minimum Gasteiger partial charge on any atom is -0.299 e. The number of Topliss-reactive ketones (excluding diaryl/α,β-unsaturated/α-hetero) is 1. The molecule has 0 amide bonds. The Balaban J connectivity index is 1.67.